The predicted molar refractivity (Wildman–Crippen MR) is 131 cm³/mol. The van der Waals surface area contributed by atoms with Crippen molar-refractivity contribution in [3.05, 3.63) is 82.8 Å². The van der Waals surface area contributed by atoms with Gasteiger partial charge in [0.25, 0.3) is 5.91 Å². The Morgan fingerprint density at radius 2 is 1.68 bits per heavy atom. The van der Waals surface area contributed by atoms with E-state index in [1.165, 1.54) is 4.90 Å². The van der Waals surface area contributed by atoms with Gasteiger partial charge in [-0.2, -0.15) is 0 Å². The van der Waals surface area contributed by atoms with Crippen molar-refractivity contribution in [2.45, 2.75) is 19.1 Å². The van der Waals surface area contributed by atoms with Gasteiger partial charge in [0.05, 0.1) is 35.6 Å². The SMILES string of the molecule is CCOc1ccccc1N1C(=O)[C@H]2[C@@H](ON(c3ccccc3)[C@H]2c2ccc(OC)c(Br)c2)C1=O. The number of hydroxylamine groups is 1. The standard InChI is InChI=1S/C26H23BrN2O5/c1-3-33-21-12-8-7-11-19(21)28-25(30)22-23(16-13-14-20(32-2)18(27)15-16)29(34-24(22)26(28)31)17-9-5-4-6-10-17/h4-15,22-24H,3H2,1-2H3/t22-,23+,24-/m1/s1. The summed E-state index contributed by atoms with van der Waals surface area (Å²) in [6.45, 7) is 2.28. The molecule has 7 nitrogen and oxygen atoms in total. The number of halogens is 1. The number of rotatable bonds is 6. The zero-order chi connectivity index (χ0) is 23.8. The monoisotopic (exact) mass is 522 g/mol. The average Bonchev–Trinajstić information content (AvgIpc) is 3.36. The number of methoxy groups -OCH3 is 1. The number of hydrogen-bond acceptors (Lipinski definition) is 6. The summed E-state index contributed by atoms with van der Waals surface area (Å²) in [4.78, 5) is 34.8. The first-order valence-electron chi connectivity index (χ1n) is 11.0. The van der Waals surface area contributed by atoms with Crippen molar-refractivity contribution in [1.82, 2.24) is 0 Å². The number of carbonyl (C=O) groups is 2. The van der Waals surface area contributed by atoms with Crippen LogP contribution < -0.4 is 19.4 Å². The number of imide groups is 1. The van der Waals surface area contributed by atoms with Gasteiger partial charge in [0.15, 0.2) is 6.10 Å². The molecule has 2 amide bonds. The number of nitrogens with zero attached hydrogens (tertiary/aromatic N) is 2. The third kappa shape index (κ3) is 3.63. The van der Waals surface area contributed by atoms with Crippen molar-refractivity contribution in [3.63, 3.8) is 0 Å². The number of benzene rings is 3. The van der Waals surface area contributed by atoms with Crippen LogP contribution in [-0.2, 0) is 14.4 Å². The van der Waals surface area contributed by atoms with E-state index in [0.29, 0.717) is 23.8 Å². The van der Waals surface area contributed by atoms with Crippen LogP contribution in [0.4, 0.5) is 11.4 Å². The highest BCUT2D eigenvalue weighted by Gasteiger charge is 2.60. The molecular weight excluding hydrogens is 500 g/mol. The maximum atomic E-state index is 13.8. The molecule has 2 saturated heterocycles. The number of para-hydroxylation sites is 3. The molecule has 0 spiro atoms. The lowest BCUT2D eigenvalue weighted by atomic mass is 9.90. The fraction of sp³-hybridized carbons (Fsp3) is 0.231. The average molecular weight is 523 g/mol. The highest BCUT2D eigenvalue weighted by molar-refractivity contribution is 9.10. The van der Waals surface area contributed by atoms with E-state index in [-0.39, 0.29) is 5.91 Å². The minimum absolute atomic E-state index is 0.322. The van der Waals surface area contributed by atoms with E-state index in [9.17, 15) is 9.59 Å². The van der Waals surface area contributed by atoms with Gasteiger partial charge in [-0.3, -0.25) is 14.4 Å². The zero-order valence-corrected chi connectivity index (χ0v) is 20.3. The summed E-state index contributed by atoms with van der Waals surface area (Å²) in [7, 11) is 1.59. The van der Waals surface area contributed by atoms with Crippen LogP contribution in [0.15, 0.2) is 77.3 Å². The second kappa shape index (κ2) is 9.12. The molecule has 0 aromatic heterocycles. The van der Waals surface area contributed by atoms with Crippen LogP contribution in [0.1, 0.15) is 18.5 Å². The molecule has 0 bridgehead atoms. The molecular formula is C26H23BrN2O5. The van der Waals surface area contributed by atoms with Gasteiger partial charge in [-0.1, -0.05) is 36.4 Å². The van der Waals surface area contributed by atoms with E-state index in [2.05, 4.69) is 15.9 Å². The summed E-state index contributed by atoms with van der Waals surface area (Å²) in [5.41, 5.74) is 2.01. The van der Waals surface area contributed by atoms with Gasteiger partial charge in [0, 0.05) is 0 Å². The quantitative estimate of drug-likeness (QED) is 0.428. The Kier molecular flexibility index (Phi) is 6.02. The summed E-state index contributed by atoms with van der Waals surface area (Å²) in [6.07, 6.45) is -0.951. The molecule has 2 aliphatic rings. The van der Waals surface area contributed by atoms with Crippen LogP contribution in [0.5, 0.6) is 11.5 Å². The Hall–Kier alpha value is -3.36. The van der Waals surface area contributed by atoms with Gasteiger partial charge in [-0.25, -0.2) is 9.96 Å². The highest BCUT2D eigenvalue weighted by atomic mass is 79.9. The van der Waals surface area contributed by atoms with Gasteiger partial charge >= 0.3 is 0 Å². The fourth-order valence-electron chi connectivity index (χ4n) is 4.58. The van der Waals surface area contributed by atoms with Crippen LogP contribution in [0.25, 0.3) is 0 Å². The summed E-state index contributed by atoms with van der Waals surface area (Å²) < 4.78 is 11.8. The van der Waals surface area contributed by atoms with Crippen molar-refractivity contribution in [1.29, 1.82) is 0 Å². The van der Waals surface area contributed by atoms with Crippen molar-refractivity contribution in [3.8, 4) is 11.5 Å². The number of anilines is 2. The van der Waals surface area contributed by atoms with Gasteiger partial charge in [0.2, 0.25) is 5.91 Å². The molecule has 0 saturated carbocycles. The summed E-state index contributed by atoms with van der Waals surface area (Å²) in [5, 5.41) is 1.67. The number of carbonyl (C=O) groups excluding carboxylic acids is 2. The second-order valence-electron chi connectivity index (χ2n) is 7.96. The molecule has 8 heteroatoms. The van der Waals surface area contributed by atoms with E-state index in [1.54, 1.807) is 30.4 Å². The molecule has 3 aromatic rings. The minimum atomic E-state index is -0.951. The molecule has 0 unspecified atom stereocenters. The third-order valence-corrected chi connectivity index (χ3v) is 6.67. The summed E-state index contributed by atoms with van der Waals surface area (Å²) >= 11 is 3.54. The van der Waals surface area contributed by atoms with Crippen molar-refractivity contribution in [2.75, 3.05) is 23.7 Å². The van der Waals surface area contributed by atoms with Crippen molar-refractivity contribution < 1.29 is 23.9 Å². The number of fused-ring (bicyclic) bond motifs is 1. The first-order chi connectivity index (χ1) is 16.5. The molecule has 0 aliphatic carbocycles. The van der Waals surface area contributed by atoms with Crippen LogP contribution in [0.3, 0.4) is 0 Å². The second-order valence-corrected chi connectivity index (χ2v) is 8.82. The van der Waals surface area contributed by atoms with Crippen LogP contribution in [0.2, 0.25) is 0 Å². The Morgan fingerprint density at radius 3 is 2.38 bits per heavy atom. The molecule has 34 heavy (non-hydrogen) atoms. The van der Waals surface area contributed by atoms with Crippen LogP contribution in [0, 0.1) is 5.92 Å². The number of ether oxygens (including phenoxy) is 2. The summed E-state index contributed by atoms with van der Waals surface area (Å²) in [6, 6.07) is 21.6. The van der Waals surface area contributed by atoms with E-state index in [4.69, 9.17) is 14.3 Å². The molecule has 3 aromatic carbocycles. The van der Waals surface area contributed by atoms with E-state index >= 15 is 0 Å². The Balaban J connectivity index is 1.59. The lowest BCUT2D eigenvalue weighted by Crippen LogP contribution is -2.37. The lowest BCUT2D eigenvalue weighted by Gasteiger charge is -2.29. The fourth-order valence-corrected chi connectivity index (χ4v) is 5.13. The van der Waals surface area contributed by atoms with E-state index in [0.717, 1.165) is 15.7 Å². The Labute approximate surface area is 205 Å². The van der Waals surface area contributed by atoms with Gasteiger partial charge < -0.3 is 9.47 Å². The van der Waals surface area contributed by atoms with Crippen LogP contribution in [-0.4, -0.2) is 31.6 Å². The topological polar surface area (TPSA) is 68.3 Å². The van der Waals surface area contributed by atoms with Gasteiger partial charge in [-0.05, 0) is 64.8 Å². The van der Waals surface area contributed by atoms with E-state index in [1.807, 2.05) is 61.5 Å². The molecule has 5 rings (SSSR count). The summed E-state index contributed by atoms with van der Waals surface area (Å²) in [5.74, 6) is -0.305. The molecule has 2 fully saturated rings. The Morgan fingerprint density at radius 1 is 0.941 bits per heavy atom. The van der Waals surface area contributed by atoms with Crippen molar-refractivity contribution in [2.24, 2.45) is 5.92 Å². The molecule has 0 N–H and O–H groups in total. The molecule has 2 aliphatic heterocycles. The molecule has 174 valence electrons. The van der Waals surface area contributed by atoms with Crippen molar-refractivity contribution >= 4 is 39.1 Å². The smallest absolute Gasteiger partial charge is 0.266 e. The maximum Gasteiger partial charge on any atom is 0.266 e. The normalized spacial score (nSPS) is 21.7. The largest absolute Gasteiger partial charge is 0.496 e. The Bertz CT molecular complexity index is 1230. The third-order valence-electron chi connectivity index (χ3n) is 6.05. The highest BCUT2D eigenvalue weighted by Crippen LogP contribution is 2.49. The predicted octanol–water partition coefficient (Wildman–Crippen LogP) is 4.91. The van der Waals surface area contributed by atoms with Gasteiger partial charge in [-0.15, -0.1) is 0 Å². The molecule has 2 heterocycles. The molecule has 0 radical (unpaired) electrons. The first-order valence-corrected chi connectivity index (χ1v) is 11.8. The van der Waals surface area contributed by atoms with Gasteiger partial charge in [0.1, 0.15) is 17.4 Å². The number of hydrogen-bond donors (Lipinski definition) is 0. The first kappa shape index (κ1) is 22.4. The zero-order valence-electron chi connectivity index (χ0n) is 18.7. The van der Waals surface area contributed by atoms with Crippen LogP contribution >= 0.6 is 15.9 Å². The minimum Gasteiger partial charge on any atom is -0.496 e. The molecule has 3 atom stereocenters. The lowest BCUT2D eigenvalue weighted by molar-refractivity contribution is -0.126. The van der Waals surface area contributed by atoms with E-state index < -0.39 is 24.0 Å². The number of amides is 2. The maximum absolute atomic E-state index is 13.8.